The summed E-state index contributed by atoms with van der Waals surface area (Å²) < 4.78 is 1.92. The second-order valence-corrected chi connectivity index (χ2v) is 6.53. The fourth-order valence-corrected chi connectivity index (χ4v) is 3.82. The van der Waals surface area contributed by atoms with Crippen molar-refractivity contribution in [2.24, 2.45) is 0 Å². The molecule has 3 heterocycles. The molecule has 3 rings (SSSR count). The molecule has 0 saturated heterocycles. The lowest BCUT2D eigenvalue weighted by molar-refractivity contribution is -0.116. The van der Waals surface area contributed by atoms with E-state index in [-0.39, 0.29) is 5.91 Å². The van der Waals surface area contributed by atoms with E-state index in [1.807, 2.05) is 17.5 Å². The maximum atomic E-state index is 11.9. The number of carbonyl (C=O) groups is 1. The Morgan fingerprint density at radius 3 is 2.96 bits per heavy atom. The maximum absolute atomic E-state index is 11.9. The van der Waals surface area contributed by atoms with E-state index in [0.717, 1.165) is 25.7 Å². The van der Waals surface area contributed by atoms with Crippen molar-refractivity contribution in [3.8, 4) is 0 Å². The first kappa shape index (κ1) is 15.6. The van der Waals surface area contributed by atoms with Gasteiger partial charge in [0.05, 0.1) is 0 Å². The van der Waals surface area contributed by atoms with Gasteiger partial charge in [0, 0.05) is 56.7 Å². The normalized spacial score (nSPS) is 11.2. The molecule has 0 aliphatic carbocycles. The molecule has 23 heavy (non-hydrogen) atoms. The number of fused-ring (bicyclic) bond motifs is 1. The summed E-state index contributed by atoms with van der Waals surface area (Å²) in [5.74, 6) is 0.315. The second-order valence-electron chi connectivity index (χ2n) is 4.79. The number of nitrogen functional groups attached to an aromatic ring is 1. The summed E-state index contributed by atoms with van der Waals surface area (Å²) >= 11 is 5.02. The van der Waals surface area contributed by atoms with Crippen molar-refractivity contribution in [3.05, 3.63) is 57.8 Å². The molecule has 0 aliphatic rings. The lowest BCUT2D eigenvalue weighted by Gasteiger charge is -2.02. The lowest BCUT2D eigenvalue weighted by Crippen LogP contribution is -2.20. The predicted octanol–water partition coefficient (Wildman–Crippen LogP) is 3.37. The van der Waals surface area contributed by atoms with Gasteiger partial charge in [-0.3, -0.25) is 9.78 Å². The fourth-order valence-electron chi connectivity index (χ4n) is 2.08. The largest absolute Gasteiger partial charge is 0.383 e. The number of aromatic nitrogens is 2. The zero-order valence-electron chi connectivity index (χ0n) is 12.0. The van der Waals surface area contributed by atoms with E-state index in [4.69, 9.17) is 5.73 Å². The van der Waals surface area contributed by atoms with E-state index in [1.165, 1.54) is 6.08 Å². The number of nitrogens with two attached hydrogens (primary N) is 1. The van der Waals surface area contributed by atoms with E-state index in [0.29, 0.717) is 12.4 Å². The lowest BCUT2D eigenvalue weighted by atomic mass is 10.2. The van der Waals surface area contributed by atoms with Crippen LogP contribution in [0.1, 0.15) is 11.1 Å². The van der Waals surface area contributed by atoms with Gasteiger partial charge in [-0.25, -0.2) is 4.98 Å². The molecule has 0 atom stereocenters. The number of hydrogen-bond donors (Lipinski definition) is 2. The minimum Gasteiger partial charge on any atom is -0.383 e. The van der Waals surface area contributed by atoms with Gasteiger partial charge >= 0.3 is 0 Å². The monoisotopic (exact) mass is 388 g/mol. The van der Waals surface area contributed by atoms with Gasteiger partial charge in [-0.1, -0.05) is 0 Å². The van der Waals surface area contributed by atoms with E-state index < -0.39 is 0 Å². The molecule has 0 spiro atoms. The van der Waals surface area contributed by atoms with Gasteiger partial charge in [0.25, 0.3) is 0 Å². The number of hydrogen-bond acceptors (Lipinski definition) is 5. The van der Waals surface area contributed by atoms with Crippen LogP contribution in [0.5, 0.6) is 0 Å². The Labute approximate surface area is 145 Å². The van der Waals surface area contributed by atoms with Crippen LogP contribution in [0.2, 0.25) is 0 Å². The summed E-state index contributed by atoms with van der Waals surface area (Å²) in [7, 11) is 0. The molecule has 0 saturated carbocycles. The molecule has 3 N–H and O–H groups in total. The van der Waals surface area contributed by atoms with Gasteiger partial charge in [0.2, 0.25) is 5.91 Å². The van der Waals surface area contributed by atoms with Crippen LogP contribution in [-0.4, -0.2) is 15.9 Å². The maximum Gasteiger partial charge on any atom is 0.244 e. The third kappa shape index (κ3) is 3.57. The molecular weight excluding hydrogens is 376 g/mol. The quantitative estimate of drug-likeness (QED) is 0.671. The van der Waals surface area contributed by atoms with Crippen LogP contribution in [0.3, 0.4) is 0 Å². The van der Waals surface area contributed by atoms with Crippen LogP contribution in [-0.2, 0) is 11.3 Å². The topological polar surface area (TPSA) is 80.9 Å². The first-order valence-electron chi connectivity index (χ1n) is 6.81. The van der Waals surface area contributed by atoms with Gasteiger partial charge in [0.1, 0.15) is 5.82 Å². The predicted molar refractivity (Wildman–Crippen MR) is 96.9 cm³/mol. The number of anilines is 1. The van der Waals surface area contributed by atoms with E-state index in [1.54, 1.807) is 36.0 Å². The summed E-state index contributed by atoms with van der Waals surface area (Å²) in [5.41, 5.74) is 7.76. The highest BCUT2D eigenvalue weighted by Crippen LogP contribution is 2.35. The number of nitrogens with one attached hydrogen (secondary N) is 1. The number of nitrogens with zero attached hydrogens (tertiary/aromatic N) is 2. The number of rotatable bonds is 4. The minimum atomic E-state index is -0.164. The molecule has 0 aromatic carbocycles. The zero-order valence-corrected chi connectivity index (χ0v) is 14.4. The smallest absolute Gasteiger partial charge is 0.244 e. The number of halogens is 1. The van der Waals surface area contributed by atoms with Crippen molar-refractivity contribution in [1.82, 2.24) is 15.3 Å². The number of thiophene rings is 1. The third-order valence-electron chi connectivity index (χ3n) is 3.24. The Morgan fingerprint density at radius 1 is 1.39 bits per heavy atom. The second kappa shape index (κ2) is 6.89. The van der Waals surface area contributed by atoms with Crippen molar-refractivity contribution in [3.63, 3.8) is 0 Å². The third-order valence-corrected chi connectivity index (χ3v) is 5.20. The van der Waals surface area contributed by atoms with Crippen LogP contribution in [0.4, 0.5) is 5.82 Å². The molecule has 0 radical (unpaired) electrons. The highest BCUT2D eigenvalue weighted by Gasteiger charge is 2.09. The van der Waals surface area contributed by atoms with Crippen molar-refractivity contribution >= 4 is 55.2 Å². The molecule has 0 fully saturated rings. The molecule has 116 valence electrons. The fraction of sp³-hybridized carbons (Fsp3) is 0.0625. The molecule has 1 amide bonds. The Hall–Kier alpha value is -2.25. The first-order chi connectivity index (χ1) is 11.1. The van der Waals surface area contributed by atoms with Gasteiger partial charge in [-0.2, -0.15) is 0 Å². The highest BCUT2D eigenvalue weighted by molar-refractivity contribution is 9.10. The summed E-state index contributed by atoms with van der Waals surface area (Å²) in [4.78, 5) is 20.0. The van der Waals surface area contributed by atoms with Gasteiger partial charge in [-0.05, 0) is 39.7 Å². The first-order valence-corrected chi connectivity index (χ1v) is 8.48. The standard InChI is InChI=1S/C16H13BrN4OS/c17-12-9-23-15-11(8-21-16(18)14(12)15)1-2-13(22)20-7-10-3-5-19-6-4-10/h1-6,8-9H,7H2,(H2,18,21)(H,20,22)/b2-1+. The van der Waals surface area contributed by atoms with Crippen LogP contribution in [0.25, 0.3) is 16.2 Å². The molecule has 0 bridgehead atoms. The number of pyridine rings is 2. The molecule has 5 nitrogen and oxygen atoms in total. The zero-order chi connectivity index (χ0) is 16.2. The Bertz CT molecular complexity index is 876. The van der Waals surface area contributed by atoms with Gasteiger partial charge in [-0.15, -0.1) is 11.3 Å². The van der Waals surface area contributed by atoms with E-state index >= 15 is 0 Å². The van der Waals surface area contributed by atoms with Gasteiger partial charge in [0.15, 0.2) is 0 Å². The molecule has 3 aromatic heterocycles. The Morgan fingerprint density at radius 2 is 2.17 bits per heavy atom. The highest BCUT2D eigenvalue weighted by atomic mass is 79.9. The molecule has 3 aromatic rings. The van der Waals surface area contributed by atoms with Crippen LogP contribution < -0.4 is 11.1 Å². The number of carbonyl (C=O) groups excluding carboxylic acids is 1. The van der Waals surface area contributed by atoms with Crippen molar-refractivity contribution in [2.45, 2.75) is 6.54 Å². The SMILES string of the molecule is Nc1ncc(/C=C/C(=O)NCc2ccncc2)c2scc(Br)c12. The van der Waals surface area contributed by atoms with Gasteiger partial charge < -0.3 is 11.1 Å². The molecule has 0 aliphatic heterocycles. The molecule has 7 heteroatoms. The van der Waals surface area contributed by atoms with Crippen molar-refractivity contribution < 1.29 is 4.79 Å². The number of amides is 1. The Balaban J connectivity index is 1.73. The van der Waals surface area contributed by atoms with E-state index in [9.17, 15) is 4.79 Å². The average molecular weight is 389 g/mol. The summed E-state index contributed by atoms with van der Waals surface area (Å²) in [6.45, 7) is 0.464. The van der Waals surface area contributed by atoms with Crippen LogP contribution in [0, 0.1) is 0 Å². The van der Waals surface area contributed by atoms with Crippen LogP contribution in [0.15, 0.2) is 46.7 Å². The average Bonchev–Trinajstić information content (AvgIpc) is 2.96. The van der Waals surface area contributed by atoms with Crippen molar-refractivity contribution in [2.75, 3.05) is 5.73 Å². The van der Waals surface area contributed by atoms with Crippen LogP contribution >= 0.6 is 27.3 Å². The summed E-state index contributed by atoms with van der Waals surface area (Å²) in [6.07, 6.45) is 8.32. The van der Waals surface area contributed by atoms with Crippen molar-refractivity contribution in [1.29, 1.82) is 0 Å². The Kier molecular flexibility index (Phi) is 4.68. The minimum absolute atomic E-state index is 0.164. The molecular formula is C16H13BrN4OS. The summed E-state index contributed by atoms with van der Waals surface area (Å²) in [6, 6.07) is 3.72. The summed E-state index contributed by atoms with van der Waals surface area (Å²) in [5, 5.41) is 5.67. The molecule has 0 unspecified atom stereocenters. The van der Waals surface area contributed by atoms with E-state index in [2.05, 4.69) is 31.2 Å².